The molecule has 1 aromatic carbocycles. The summed E-state index contributed by atoms with van der Waals surface area (Å²) in [6, 6.07) is 7.20. The van der Waals surface area contributed by atoms with Crippen molar-refractivity contribution >= 4 is 11.7 Å². The molecule has 102 valence electrons. The molecule has 1 fully saturated rings. The first-order chi connectivity index (χ1) is 9.20. The molecule has 2 rings (SSSR count). The number of Topliss-reactive ketones (excluding diaryl/α,β-unsaturated/α-hetero) is 1. The molecule has 0 N–H and O–H groups in total. The van der Waals surface area contributed by atoms with Crippen LogP contribution in [-0.4, -0.2) is 36.3 Å². The Kier molecular flexibility index (Phi) is 4.55. The Morgan fingerprint density at radius 3 is 2.42 bits per heavy atom. The average Bonchev–Trinajstić information content (AvgIpc) is 2.46. The number of likely N-dealkylation sites (tertiary alicyclic amines) is 1. The van der Waals surface area contributed by atoms with E-state index in [1.54, 1.807) is 17.0 Å². The fraction of sp³-hybridized carbons (Fsp3) is 0.467. The van der Waals surface area contributed by atoms with Crippen LogP contribution in [0.25, 0.3) is 0 Å². The number of carbonyl (C=O) groups excluding carboxylic acids is 2. The average molecular weight is 261 g/mol. The Bertz CT molecular complexity index is 443. The van der Waals surface area contributed by atoms with Gasteiger partial charge < -0.3 is 9.64 Å². The number of benzene rings is 1. The summed E-state index contributed by atoms with van der Waals surface area (Å²) in [6.45, 7) is 3.80. The highest BCUT2D eigenvalue weighted by molar-refractivity contribution is 5.95. The third-order valence-corrected chi connectivity index (χ3v) is 3.18. The van der Waals surface area contributed by atoms with Crippen LogP contribution in [-0.2, 0) is 4.79 Å². The van der Waals surface area contributed by atoms with Crippen LogP contribution in [0.15, 0.2) is 24.3 Å². The van der Waals surface area contributed by atoms with Crippen LogP contribution in [0.5, 0.6) is 5.75 Å². The maximum absolute atomic E-state index is 12.2. The number of hydrogen-bond donors (Lipinski definition) is 0. The fourth-order valence-corrected chi connectivity index (χ4v) is 2.06. The molecule has 1 heterocycles. The van der Waals surface area contributed by atoms with Gasteiger partial charge in [0, 0.05) is 31.5 Å². The van der Waals surface area contributed by atoms with Gasteiger partial charge in [0.2, 0.25) is 0 Å². The van der Waals surface area contributed by atoms with Gasteiger partial charge in [-0.2, -0.15) is 0 Å². The lowest BCUT2D eigenvalue weighted by molar-refractivity contribution is -0.120. The van der Waals surface area contributed by atoms with Crippen LogP contribution >= 0.6 is 0 Å². The maximum atomic E-state index is 12.2. The summed E-state index contributed by atoms with van der Waals surface area (Å²) in [4.78, 5) is 25.1. The molecular formula is C15H19NO3. The first-order valence-electron chi connectivity index (χ1n) is 6.74. The van der Waals surface area contributed by atoms with Crippen molar-refractivity contribution in [2.75, 3.05) is 19.7 Å². The van der Waals surface area contributed by atoms with Crippen LogP contribution in [0.3, 0.4) is 0 Å². The van der Waals surface area contributed by atoms with E-state index in [1.165, 1.54) is 0 Å². The standard InChI is InChI=1S/C15H19NO3/c1-2-11-19-14-5-3-12(4-6-14)15(18)16-9-7-13(17)8-10-16/h3-6H,2,7-11H2,1H3. The molecule has 0 radical (unpaired) electrons. The summed E-state index contributed by atoms with van der Waals surface area (Å²) in [7, 11) is 0. The van der Waals surface area contributed by atoms with E-state index >= 15 is 0 Å². The normalized spacial score (nSPS) is 15.4. The molecule has 0 unspecified atom stereocenters. The van der Waals surface area contributed by atoms with Crippen LogP contribution in [0.4, 0.5) is 0 Å². The molecule has 0 aliphatic carbocycles. The van der Waals surface area contributed by atoms with Gasteiger partial charge in [-0.1, -0.05) is 6.92 Å². The van der Waals surface area contributed by atoms with Gasteiger partial charge in [-0.05, 0) is 30.7 Å². The molecular weight excluding hydrogens is 242 g/mol. The number of nitrogens with zero attached hydrogens (tertiary/aromatic N) is 1. The molecule has 0 aromatic heterocycles. The molecule has 0 atom stereocenters. The Morgan fingerprint density at radius 2 is 1.84 bits per heavy atom. The molecule has 1 amide bonds. The van der Waals surface area contributed by atoms with Crippen molar-refractivity contribution in [1.82, 2.24) is 4.90 Å². The predicted octanol–water partition coefficient (Wildman–Crippen LogP) is 2.28. The predicted molar refractivity (Wildman–Crippen MR) is 72.4 cm³/mol. The zero-order chi connectivity index (χ0) is 13.7. The summed E-state index contributed by atoms with van der Waals surface area (Å²) in [5.41, 5.74) is 0.651. The topological polar surface area (TPSA) is 46.6 Å². The monoisotopic (exact) mass is 261 g/mol. The van der Waals surface area contributed by atoms with E-state index < -0.39 is 0 Å². The number of carbonyl (C=O) groups is 2. The minimum absolute atomic E-state index is 0.00505. The van der Waals surface area contributed by atoms with Gasteiger partial charge in [-0.15, -0.1) is 0 Å². The van der Waals surface area contributed by atoms with Crippen LogP contribution in [0.1, 0.15) is 36.5 Å². The minimum atomic E-state index is -0.00505. The SMILES string of the molecule is CCCOc1ccc(C(=O)N2CCC(=O)CC2)cc1. The van der Waals surface area contributed by atoms with Gasteiger partial charge in [0.05, 0.1) is 6.61 Å². The number of rotatable bonds is 4. The van der Waals surface area contributed by atoms with Crippen LogP contribution in [0.2, 0.25) is 0 Å². The quantitative estimate of drug-likeness (QED) is 0.835. The molecule has 4 heteroatoms. The number of amides is 1. The van der Waals surface area contributed by atoms with E-state index in [9.17, 15) is 9.59 Å². The van der Waals surface area contributed by atoms with Gasteiger partial charge in [0.25, 0.3) is 5.91 Å². The Balaban J connectivity index is 1.97. The first-order valence-corrected chi connectivity index (χ1v) is 6.74. The van der Waals surface area contributed by atoms with E-state index in [1.807, 2.05) is 12.1 Å². The summed E-state index contributed by atoms with van der Waals surface area (Å²) in [5.74, 6) is 1.02. The van der Waals surface area contributed by atoms with Gasteiger partial charge in [0.15, 0.2) is 0 Å². The highest BCUT2D eigenvalue weighted by Gasteiger charge is 2.21. The van der Waals surface area contributed by atoms with Crippen molar-refractivity contribution in [2.24, 2.45) is 0 Å². The summed E-state index contributed by atoms with van der Waals surface area (Å²) in [6.07, 6.45) is 1.91. The van der Waals surface area contributed by atoms with Crippen molar-refractivity contribution in [3.63, 3.8) is 0 Å². The van der Waals surface area contributed by atoms with Crippen molar-refractivity contribution in [2.45, 2.75) is 26.2 Å². The largest absolute Gasteiger partial charge is 0.494 e. The summed E-state index contributed by atoms with van der Waals surface area (Å²) < 4.78 is 5.48. The molecule has 1 aliphatic rings. The van der Waals surface area contributed by atoms with Crippen LogP contribution in [0, 0.1) is 0 Å². The molecule has 1 saturated heterocycles. The van der Waals surface area contributed by atoms with E-state index in [0.29, 0.717) is 38.1 Å². The Labute approximate surface area is 113 Å². The zero-order valence-corrected chi connectivity index (χ0v) is 11.2. The van der Waals surface area contributed by atoms with Gasteiger partial charge >= 0.3 is 0 Å². The lowest BCUT2D eigenvalue weighted by Gasteiger charge is -2.26. The molecule has 0 spiro atoms. The van der Waals surface area contributed by atoms with Crippen molar-refractivity contribution in [3.05, 3.63) is 29.8 Å². The molecule has 0 bridgehead atoms. The van der Waals surface area contributed by atoms with E-state index in [2.05, 4.69) is 6.92 Å². The lowest BCUT2D eigenvalue weighted by atomic mass is 10.1. The third-order valence-electron chi connectivity index (χ3n) is 3.18. The molecule has 1 aromatic rings. The second-order valence-corrected chi connectivity index (χ2v) is 4.70. The van der Waals surface area contributed by atoms with Gasteiger partial charge in [-0.25, -0.2) is 0 Å². The first kappa shape index (κ1) is 13.6. The Morgan fingerprint density at radius 1 is 1.21 bits per heavy atom. The van der Waals surface area contributed by atoms with Crippen molar-refractivity contribution in [1.29, 1.82) is 0 Å². The number of ketones is 1. The summed E-state index contributed by atoms with van der Waals surface area (Å²) >= 11 is 0. The van der Waals surface area contributed by atoms with Crippen LogP contribution < -0.4 is 4.74 Å². The van der Waals surface area contributed by atoms with E-state index in [0.717, 1.165) is 12.2 Å². The van der Waals surface area contributed by atoms with Crippen molar-refractivity contribution < 1.29 is 14.3 Å². The Hall–Kier alpha value is -1.84. The minimum Gasteiger partial charge on any atom is -0.494 e. The number of piperidine rings is 1. The molecule has 4 nitrogen and oxygen atoms in total. The second kappa shape index (κ2) is 6.36. The lowest BCUT2D eigenvalue weighted by Crippen LogP contribution is -2.38. The summed E-state index contributed by atoms with van der Waals surface area (Å²) in [5, 5.41) is 0. The molecule has 1 aliphatic heterocycles. The second-order valence-electron chi connectivity index (χ2n) is 4.70. The molecule has 0 saturated carbocycles. The van der Waals surface area contributed by atoms with Gasteiger partial charge in [0.1, 0.15) is 11.5 Å². The smallest absolute Gasteiger partial charge is 0.253 e. The van der Waals surface area contributed by atoms with E-state index in [4.69, 9.17) is 4.74 Å². The van der Waals surface area contributed by atoms with Gasteiger partial charge in [-0.3, -0.25) is 9.59 Å². The highest BCUT2D eigenvalue weighted by atomic mass is 16.5. The third kappa shape index (κ3) is 3.56. The maximum Gasteiger partial charge on any atom is 0.253 e. The van der Waals surface area contributed by atoms with E-state index in [-0.39, 0.29) is 11.7 Å². The highest BCUT2D eigenvalue weighted by Crippen LogP contribution is 2.16. The van der Waals surface area contributed by atoms with Crippen molar-refractivity contribution in [3.8, 4) is 5.75 Å². The number of ether oxygens (including phenoxy) is 1. The zero-order valence-electron chi connectivity index (χ0n) is 11.2. The molecule has 19 heavy (non-hydrogen) atoms. The number of hydrogen-bond acceptors (Lipinski definition) is 3. The fourth-order valence-electron chi connectivity index (χ4n) is 2.06.